The highest BCUT2D eigenvalue weighted by Gasteiger charge is 2.41. The number of nitrogen functional groups attached to an aromatic ring is 1. The number of nitrogens with zero attached hydrogens (tertiary/aromatic N) is 3. The zero-order valence-corrected chi connectivity index (χ0v) is 18.4. The minimum Gasteiger partial charge on any atom is -0.490 e. The van der Waals surface area contributed by atoms with Crippen molar-refractivity contribution in [2.24, 2.45) is 10.9 Å². The molecule has 1 aromatic carbocycles. The summed E-state index contributed by atoms with van der Waals surface area (Å²) < 4.78 is 11.4. The van der Waals surface area contributed by atoms with Crippen molar-refractivity contribution in [3.05, 3.63) is 35.7 Å². The number of methoxy groups -OCH3 is 1. The first-order valence-corrected chi connectivity index (χ1v) is 10.8. The minimum atomic E-state index is -0.545. The Labute approximate surface area is 183 Å². The third kappa shape index (κ3) is 4.22. The number of anilines is 1. The molecule has 0 amide bonds. The highest BCUT2D eigenvalue weighted by molar-refractivity contribution is 6.15. The second-order valence-corrected chi connectivity index (χ2v) is 8.74. The molecular formula is C23H31N5O3. The Hall–Kier alpha value is -2.71. The van der Waals surface area contributed by atoms with Crippen molar-refractivity contribution in [3.8, 4) is 17.0 Å². The van der Waals surface area contributed by atoms with E-state index >= 15 is 0 Å². The number of hydrogen-bond acceptors (Lipinski definition) is 8. The van der Waals surface area contributed by atoms with E-state index < -0.39 is 5.41 Å². The monoisotopic (exact) mass is 425 g/mol. The number of ether oxygens (including phenoxy) is 2. The van der Waals surface area contributed by atoms with Crippen LogP contribution in [0.5, 0.6) is 5.75 Å². The molecule has 4 rings (SSSR count). The summed E-state index contributed by atoms with van der Waals surface area (Å²) in [6.07, 6.45) is 5.60. The predicted octanol–water partition coefficient (Wildman–Crippen LogP) is 3.03. The van der Waals surface area contributed by atoms with E-state index in [4.69, 9.17) is 25.8 Å². The van der Waals surface area contributed by atoms with Gasteiger partial charge in [0.25, 0.3) is 0 Å². The largest absolute Gasteiger partial charge is 0.490 e. The summed E-state index contributed by atoms with van der Waals surface area (Å²) in [7, 11) is 1.63. The summed E-state index contributed by atoms with van der Waals surface area (Å²) in [5.74, 6) is 1.26. The number of benzene rings is 1. The Kier molecular flexibility index (Phi) is 6.11. The molecule has 0 unspecified atom stereocenters. The second-order valence-electron chi connectivity index (χ2n) is 8.74. The van der Waals surface area contributed by atoms with Crippen molar-refractivity contribution in [1.82, 2.24) is 9.97 Å². The molecule has 2 aromatic rings. The Morgan fingerprint density at radius 3 is 2.61 bits per heavy atom. The van der Waals surface area contributed by atoms with Gasteiger partial charge in [-0.15, -0.1) is 0 Å². The van der Waals surface area contributed by atoms with E-state index in [9.17, 15) is 0 Å². The molecule has 2 aliphatic carbocycles. The maximum absolute atomic E-state index is 6.31. The summed E-state index contributed by atoms with van der Waals surface area (Å²) in [5.41, 5.74) is 16.1. The molecule has 1 saturated carbocycles. The average molecular weight is 426 g/mol. The van der Waals surface area contributed by atoms with E-state index in [1.807, 2.05) is 18.2 Å². The molecule has 0 spiro atoms. The first kappa shape index (κ1) is 21.5. The van der Waals surface area contributed by atoms with E-state index in [1.165, 1.54) is 6.33 Å². The van der Waals surface area contributed by atoms with E-state index in [-0.39, 0.29) is 12.1 Å². The predicted molar refractivity (Wildman–Crippen MR) is 120 cm³/mol. The quantitative estimate of drug-likeness (QED) is 0.539. The summed E-state index contributed by atoms with van der Waals surface area (Å²) >= 11 is 0. The third-order valence-corrected chi connectivity index (χ3v) is 6.15. The van der Waals surface area contributed by atoms with Gasteiger partial charge >= 0.3 is 0 Å². The van der Waals surface area contributed by atoms with Crippen molar-refractivity contribution in [2.75, 3.05) is 26.1 Å². The molecule has 1 fully saturated rings. The highest BCUT2D eigenvalue weighted by Crippen LogP contribution is 2.45. The summed E-state index contributed by atoms with van der Waals surface area (Å²) in [6.45, 7) is 4.93. The summed E-state index contributed by atoms with van der Waals surface area (Å²) in [4.78, 5) is 14.4. The Bertz CT molecular complexity index is 968. The number of hydrogen-bond donors (Lipinski definition) is 2. The van der Waals surface area contributed by atoms with Gasteiger partial charge in [0.15, 0.2) is 0 Å². The lowest BCUT2D eigenvalue weighted by Crippen LogP contribution is -2.36. The van der Waals surface area contributed by atoms with Gasteiger partial charge in [-0.25, -0.2) is 9.97 Å². The van der Waals surface area contributed by atoms with Crippen LogP contribution in [0, 0.1) is 0 Å². The molecule has 0 saturated heterocycles. The first-order chi connectivity index (χ1) is 14.9. The lowest BCUT2D eigenvalue weighted by atomic mass is 9.70. The molecule has 4 N–H and O–H groups in total. The van der Waals surface area contributed by atoms with Crippen LogP contribution in [0.25, 0.3) is 11.3 Å². The Morgan fingerprint density at radius 1 is 1.10 bits per heavy atom. The molecule has 0 bridgehead atoms. The minimum absolute atomic E-state index is 0.179. The molecule has 1 heterocycles. The van der Waals surface area contributed by atoms with Crippen molar-refractivity contribution >= 4 is 11.5 Å². The zero-order chi connectivity index (χ0) is 22.0. The van der Waals surface area contributed by atoms with Gasteiger partial charge in [0.05, 0.1) is 24.1 Å². The van der Waals surface area contributed by atoms with Crippen molar-refractivity contribution in [3.63, 3.8) is 0 Å². The molecule has 8 nitrogen and oxygen atoms in total. The van der Waals surface area contributed by atoms with Crippen molar-refractivity contribution < 1.29 is 14.3 Å². The molecule has 166 valence electrons. The van der Waals surface area contributed by atoms with Crippen LogP contribution in [0.4, 0.5) is 5.82 Å². The van der Waals surface area contributed by atoms with Crippen LogP contribution in [0.2, 0.25) is 0 Å². The molecule has 0 radical (unpaired) electrons. The lowest BCUT2D eigenvalue weighted by molar-refractivity contribution is 0.0743. The second kappa shape index (κ2) is 8.80. The van der Waals surface area contributed by atoms with Crippen LogP contribution in [-0.4, -0.2) is 48.1 Å². The van der Waals surface area contributed by atoms with E-state index in [1.54, 1.807) is 7.11 Å². The molecule has 2 aliphatic rings. The van der Waals surface area contributed by atoms with Gasteiger partial charge < -0.3 is 25.8 Å². The molecule has 0 atom stereocenters. The van der Waals surface area contributed by atoms with E-state index in [0.717, 1.165) is 59.5 Å². The topological polar surface area (TPSA) is 118 Å². The van der Waals surface area contributed by atoms with E-state index in [0.29, 0.717) is 19.0 Å². The van der Waals surface area contributed by atoms with Gasteiger partial charge in [0.1, 0.15) is 24.5 Å². The van der Waals surface area contributed by atoms with Gasteiger partial charge in [0, 0.05) is 35.3 Å². The van der Waals surface area contributed by atoms with Crippen molar-refractivity contribution in [2.45, 2.75) is 57.1 Å². The number of fused-ring (bicyclic) bond motifs is 3. The normalized spacial score (nSPS) is 23.2. The van der Waals surface area contributed by atoms with Gasteiger partial charge in [-0.3, -0.25) is 0 Å². The average Bonchev–Trinajstić information content (AvgIpc) is 2.74. The van der Waals surface area contributed by atoms with Gasteiger partial charge in [0.2, 0.25) is 0 Å². The fourth-order valence-electron chi connectivity index (χ4n) is 4.47. The SMILES string of the molecule is COCCO/N=C1\c2cc(OC3CCC(N)CC3)ccc2-c2ncnc(N)c2C1(C)C. The van der Waals surface area contributed by atoms with Gasteiger partial charge in [-0.2, -0.15) is 0 Å². The Balaban J connectivity index is 1.74. The maximum atomic E-state index is 6.31. The standard InChI is InChI=1S/C23H31N5O3/c1-23(2)19-20(26-13-27-22(19)25)17-9-8-16(31-15-6-4-14(24)5-7-15)12-18(17)21(23)28-30-11-10-29-3/h8-9,12-15H,4-7,10-11,24H2,1-3H3,(H2,25,26,27)/b28-21+. The smallest absolute Gasteiger partial charge is 0.140 e. The Morgan fingerprint density at radius 2 is 1.87 bits per heavy atom. The zero-order valence-electron chi connectivity index (χ0n) is 18.4. The van der Waals surface area contributed by atoms with Crippen molar-refractivity contribution in [1.29, 1.82) is 0 Å². The van der Waals surface area contributed by atoms with Gasteiger partial charge in [-0.05, 0) is 57.7 Å². The molecule has 1 aromatic heterocycles. The third-order valence-electron chi connectivity index (χ3n) is 6.15. The molecule has 8 heteroatoms. The molecular weight excluding hydrogens is 394 g/mol. The maximum Gasteiger partial charge on any atom is 0.140 e. The van der Waals surface area contributed by atoms with Gasteiger partial charge in [-0.1, -0.05) is 5.16 Å². The molecule has 31 heavy (non-hydrogen) atoms. The summed E-state index contributed by atoms with van der Waals surface area (Å²) in [6, 6.07) is 6.32. The fraction of sp³-hybridized carbons (Fsp3) is 0.522. The van der Waals surface area contributed by atoms with E-state index in [2.05, 4.69) is 29.0 Å². The number of oxime groups is 1. The van der Waals surface area contributed by atoms with Crippen LogP contribution in [0.3, 0.4) is 0 Å². The first-order valence-electron chi connectivity index (χ1n) is 10.8. The van der Waals surface area contributed by atoms with Crippen LogP contribution < -0.4 is 16.2 Å². The van der Waals surface area contributed by atoms with Crippen LogP contribution >= 0.6 is 0 Å². The lowest BCUT2D eigenvalue weighted by Gasteiger charge is -2.35. The fourth-order valence-corrected chi connectivity index (χ4v) is 4.47. The number of nitrogens with two attached hydrogens (primary N) is 2. The summed E-state index contributed by atoms with van der Waals surface area (Å²) in [5, 5.41) is 4.51. The molecule has 0 aliphatic heterocycles. The highest BCUT2D eigenvalue weighted by atomic mass is 16.6. The van der Waals surface area contributed by atoms with Crippen LogP contribution in [0.1, 0.15) is 50.7 Å². The van der Waals surface area contributed by atoms with Crippen LogP contribution in [0.15, 0.2) is 29.7 Å². The number of aromatic nitrogens is 2. The van der Waals surface area contributed by atoms with Crippen LogP contribution in [-0.2, 0) is 15.0 Å². The number of rotatable bonds is 6.